The monoisotopic (exact) mass is 270 g/mol. The molecule has 1 aromatic carbocycles. The van der Waals surface area contributed by atoms with Crippen molar-refractivity contribution in [1.82, 2.24) is 19.1 Å². The molecule has 0 fully saturated rings. The second-order valence-corrected chi connectivity index (χ2v) is 4.46. The van der Waals surface area contributed by atoms with Crippen molar-refractivity contribution < 1.29 is 0 Å². The minimum Gasteiger partial charge on any atom is -0.286 e. The van der Waals surface area contributed by atoms with Gasteiger partial charge in [0.1, 0.15) is 0 Å². The Labute approximate surface area is 114 Å². The average molecular weight is 270 g/mol. The Morgan fingerprint density at radius 1 is 0.850 bits per heavy atom. The summed E-state index contributed by atoms with van der Waals surface area (Å²) in [6, 6.07) is 7.42. The van der Waals surface area contributed by atoms with Gasteiger partial charge in [-0.1, -0.05) is 12.1 Å². The highest BCUT2D eigenvalue weighted by Crippen LogP contribution is 2.13. The molecule has 0 atom stereocenters. The molecule has 0 saturated heterocycles. The third kappa shape index (κ3) is 1.65. The summed E-state index contributed by atoms with van der Waals surface area (Å²) in [6.07, 6.45) is 0. The predicted octanol–water partition coefficient (Wildman–Crippen LogP) is 1.15. The van der Waals surface area contributed by atoms with Crippen LogP contribution < -0.4 is 11.1 Å². The van der Waals surface area contributed by atoms with E-state index in [1.54, 1.807) is 0 Å². The number of hydrogen-bond acceptors (Lipinski definition) is 4. The van der Waals surface area contributed by atoms with E-state index >= 15 is 0 Å². The standard InChI is InChI=1S/C14H14N4O2/c1-3-17-11-12(18(4-2)14(20)13(17)19)16-10-8-6-5-7-9(10)15-11/h5-8H,3-4H2,1-2H3. The molecule has 0 radical (unpaired) electrons. The minimum atomic E-state index is -0.550. The van der Waals surface area contributed by atoms with Crippen LogP contribution in [-0.2, 0) is 13.1 Å². The Morgan fingerprint density at radius 3 is 1.60 bits per heavy atom. The van der Waals surface area contributed by atoms with Crippen LogP contribution in [-0.4, -0.2) is 19.1 Å². The molecule has 2 heterocycles. The Hall–Kier alpha value is -2.50. The van der Waals surface area contributed by atoms with Crippen molar-refractivity contribution in [2.24, 2.45) is 0 Å². The van der Waals surface area contributed by atoms with Gasteiger partial charge in [0, 0.05) is 13.1 Å². The molecule has 6 heteroatoms. The summed E-state index contributed by atoms with van der Waals surface area (Å²) in [6.45, 7) is 4.41. The predicted molar refractivity (Wildman–Crippen MR) is 76.9 cm³/mol. The molecular weight excluding hydrogens is 256 g/mol. The van der Waals surface area contributed by atoms with Crippen molar-refractivity contribution in [3.8, 4) is 0 Å². The highest BCUT2D eigenvalue weighted by molar-refractivity contribution is 5.82. The largest absolute Gasteiger partial charge is 0.318 e. The van der Waals surface area contributed by atoms with E-state index in [4.69, 9.17) is 0 Å². The van der Waals surface area contributed by atoms with Gasteiger partial charge in [-0.25, -0.2) is 9.97 Å². The van der Waals surface area contributed by atoms with Crippen molar-refractivity contribution in [2.75, 3.05) is 0 Å². The number of benzene rings is 1. The van der Waals surface area contributed by atoms with Crippen LogP contribution in [0, 0.1) is 0 Å². The maximum Gasteiger partial charge on any atom is 0.318 e. The number of aromatic nitrogens is 4. The highest BCUT2D eigenvalue weighted by atomic mass is 16.2. The molecule has 3 aromatic rings. The molecule has 0 aliphatic rings. The lowest BCUT2D eigenvalue weighted by Crippen LogP contribution is -2.41. The van der Waals surface area contributed by atoms with Crippen LogP contribution >= 0.6 is 0 Å². The van der Waals surface area contributed by atoms with Gasteiger partial charge in [0.25, 0.3) is 0 Å². The van der Waals surface area contributed by atoms with E-state index < -0.39 is 11.1 Å². The second kappa shape index (κ2) is 4.56. The van der Waals surface area contributed by atoms with Gasteiger partial charge in [0.2, 0.25) is 0 Å². The van der Waals surface area contributed by atoms with Crippen molar-refractivity contribution in [2.45, 2.75) is 26.9 Å². The first-order chi connectivity index (χ1) is 9.67. The Morgan fingerprint density at radius 2 is 1.25 bits per heavy atom. The molecule has 6 nitrogen and oxygen atoms in total. The normalized spacial score (nSPS) is 11.3. The van der Waals surface area contributed by atoms with Crippen LogP contribution in [0.2, 0.25) is 0 Å². The Kier molecular flexibility index (Phi) is 2.85. The summed E-state index contributed by atoms with van der Waals surface area (Å²) in [4.78, 5) is 33.2. The van der Waals surface area contributed by atoms with Gasteiger partial charge in [0.15, 0.2) is 11.3 Å². The van der Waals surface area contributed by atoms with Crippen LogP contribution in [0.1, 0.15) is 13.8 Å². The third-order valence-electron chi connectivity index (χ3n) is 3.35. The summed E-state index contributed by atoms with van der Waals surface area (Å²) in [5.41, 5.74) is 1.24. The zero-order chi connectivity index (χ0) is 14.3. The highest BCUT2D eigenvalue weighted by Gasteiger charge is 2.14. The molecule has 0 N–H and O–H groups in total. The van der Waals surface area contributed by atoms with Crippen molar-refractivity contribution >= 4 is 22.3 Å². The average Bonchev–Trinajstić information content (AvgIpc) is 2.47. The summed E-state index contributed by atoms with van der Waals surface area (Å²) >= 11 is 0. The molecule has 0 saturated carbocycles. The summed E-state index contributed by atoms with van der Waals surface area (Å²) in [7, 11) is 0. The van der Waals surface area contributed by atoms with Crippen molar-refractivity contribution in [3.63, 3.8) is 0 Å². The van der Waals surface area contributed by atoms with E-state index in [9.17, 15) is 9.59 Å². The summed E-state index contributed by atoms with van der Waals surface area (Å²) < 4.78 is 2.76. The smallest absolute Gasteiger partial charge is 0.286 e. The molecule has 0 aliphatic carbocycles. The number of nitrogens with zero attached hydrogens (tertiary/aromatic N) is 4. The van der Waals surface area contributed by atoms with Crippen molar-refractivity contribution in [1.29, 1.82) is 0 Å². The number of rotatable bonds is 2. The van der Waals surface area contributed by atoms with Gasteiger partial charge < -0.3 is 0 Å². The van der Waals surface area contributed by atoms with Crippen LogP contribution in [0.4, 0.5) is 0 Å². The van der Waals surface area contributed by atoms with E-state index in [0.29, 0.717) is 35.4 Å². The van der Waals surface area contributed by atoms with Crippen LogP contribution in [0.5, 0.6) is 0 Å². The quantitative estimate of drug-likeness (QED) is 0.517. The van der Waals surface area contributed by atoms with E-state index in [-0.39, 0.29) is 0 Å². The Balaban J connectivity index is 2.62. The maximum absolute atomic E-state index is 12.1. The van der Waals surface area contributed by atoms with Gasteiger partial charge in [0.05, 0.1) is 11.0 Å². The molecule has 20 heavy (non-hydrogen) atoms. The van der Waals surface area contributed by atoms with E-state index in [0.717, 1.165) is 0 Å². The van der Waals surface area contributed by atoms with Crippen molar-refractivity contribution in [3.05, 3.63) is 45.0 Å². The Bertz CT molecular complexity index is 848. The number of aryl methyl sites for hydroxylation is 2. The zero-order valence-electron chi connectivity index (χ0n) is 11.3. The van der Waals surface area contributed by atoms with Gasteiger partial charge in [-0.2, -0.15) is 0 Å². The molecule has 102 valence electrons. The zero-order valence-corrected chi connectivity index (χ0v) is 11.3. The van der Waals surface area contributed by atoms with E-state index in [2.05, 4.69) is 9.97 Å². The van der Waals surface area contributed by atoms with E-state index in [1.165, 1.54) is 9.13 Å². The van der Waals surface area contributed by atoms with Crippen LogP contribution in [0.15, 0.2) is 33.9 Å². The maximum atomic E-state index is 12.1. The first kappa shape index (κ1) is 12.5. The molecule has 0 unspecified atom stereocenters. The van der Waals surface area contributed by atoms with E-state index in [1.807, 2.05) is 38.1 Å². The molecule has 0 bridgehead atoms. The molecule has 0 spiro atoms. The molecule has 0 amide bonds. The lowest BCUT2D eigenvalue weighted by molar-refractivity contribution is 0.671. The first-order valence-corrected chi connectivity index (χ1v) is 6.57. The molecule has 0 aliphatic heterocycles. The summed E-state index contributed by atoms with van der Waals surface area (Å²) in [5.74, 6) is 0. The lowest BCUT2D eigenvalue weighted by atomic mass is 10.3. The van der Waals surface area contributed by atoms with Gasteiger partial charge in [-0.15, -0.1) is 0 Å². The summed E-state index contributed by atoms with van der Waals surface area (Å²) in [5, 5.41) is 0. The van der Waals surface area contributed by atoms with Gasteiger partial charge >= 0.3 is 11.1 Å². The minimum absolute atomic E-state index is 0.391. The van der Waals surface area contributed by atoms with Crippen LogP contribution in [0.3, 0.4) is 0 Å². The number of para-hydroxylation sites is 2. The number of fused-ring (bicyclic) bond motifs is 2. The van der Waals surface area contributed by atoms with Gasteiger partial charge in [-0.05, 0) is 26.0 Å². The molecule has 2 aromatic heterocycles. The fraction of sp³-hybridized carbons (Fsp3) is 0.286. The lowest BCUT2D eigenvalue weighted by Gasteiger charge is -2.11. The van der Waals surface area contributed by atoms with Gasteiger partial charge in [-0.3, -0.25) is 18.7 Å². The first-order valence-electron chi connectivity index (χ1n) is 6.57. The SMILES string of the molecule is CCn1c(=O)c(=O)n(CC)c2nc3ccccc3nc21. The fourth-order valence-corrected chi connectivity index (χ4v) is 2.35. The second-order valence-electron chi connectivity index (χ2n) is 4.46. The molecular formula is C14H14N4O2. The van der Waals surface area contributed by atoms with Crippen LogP contribution in [0.25, 0.3) is 22.3 Å². The fourth-order valence-electron chi connectivity index (χ4n) is 2.35. The molecule has 3 rings (SSSR count). The topological polar surface area (TPSA) is 69.8 Å². The third-order valence-corrected chi connectivity index (χ3v) is 3.35. The number of hydrogen-bond donors (Lipinski definition) is 0.